The average molecular weight is 376 g/mol. The normalized spacial score (nSPS) is 18.0. The van der Waals surface area contributed by atoms with Crippen LogP contribution in [0.3, 0.4) is 0 Å². The molecule has 0 bridgehead atoms. The van der Waals surface area contributed by atoms with E-state index in [1.165, 1.54) is 18.4 Å². The summed E-state index contributed by atoms with van der Waals surface area (Å²) < 4.78 is 0. The second kappa shape index (κ2) is 10.9. The van der Waals surface area contributed by atoms with Crippen LogP contribution < -0.4 is 16.4 Å². The van der Waals surface area contributed by atoms with Gasteiger partial charge in [-0.25, -0.2) is 0 Å². The van der Waals surface area contributed by atoms with Crippen LogP contribution >= 0.6 is 24.8 Å². The molecular weight excluding hydrogens is 345 g/mol. The fraction of sp³-hybridized carbons (Fsp3) is 0.611. The molecule has 0 saturated heterocycles. The molecule has 1 aliphatic carbocycles. The van der Waals surface area contributed by atoms with Gasteiger partial charge in [-0.05, 0) is 25.3 Å². The first kappa shape index (κ1) is 23.2. The molecule has 1 aromatic carbocycles. The van der Waals surface area contributed by atoms with Gasteiger partial charge in [0.25, 0.3) is 0 Å². The van der Waals surface area contributed by atoms with Gasteiger partial charge in [0.05, 0.1) is 0 Å². The summed E-state index contributed by atoms with van der Waals surface area (Å²) in [7, 11) is 0. The maximum Gasteiger partial charge on any atom is 0.224 e. The Morgan fingerprint density at radius 2 is 1.75 bits per heavy atom. The summed E-state index contributed by atoms with van der Waals surface area (Å²) in [6.45, 7) is 5.15. The third kappa shape index (κ3) is 6.25. The minimum absolute atomic E-state index is 0. The zero-order valence-corrected chi connectivity index (χ0v) is 16.2. The van der Waals surface area contributed by atoms with Crippen LogP contribution in [0.4, 0.5) is 0 Å². The molecule has 2 rings (SSSR count). The molecule has 1 saturated carbocycles. The van der Waals surface area contributed by atoms with Gasteiger partial charge in [-0.3, -0.25) is 4.79 Å². The Hall–Kier alpha value is -0.810. The van der Waals surface area contributed by atoms with E-state index in [9.17, 15) is 4.79 Å². The Bertz CT molecular complexity index is 478. The quantitative estimate of drug-likeness (QED) is 0.685. The van der Waals surface area contributed by atoms with Gasteiger partial charge in [-0.1, -0.05) is 50.1 Å². The van der Waals surface area contributed by atoms with E-state index in [1.807, 2.05) is 13.0 Å². The lowest BCUT2D eigenvalue weighted by Crippen LogP contribution is -2.53. The number of halogens is 2. The SMILES string of the molecule is CC(CN)C(=O)NCC1(NC(C)c2ccccc2)CCCC1.Cl.Cl. The second-order valence-electron chi connectivity index (χ2n) is 6.62. The van der Waals surface area contributed by atoms with Crippen molar-refractivity contribution >= 4 is 30.7 Å². The molecule has 6 heteroatoms. The lowest BCUT2D eigenvalue weighted by molar-refractivity contribution is -0.124. The lowest BCUT2D eigenvalue weighted by Gasteiger charge is -2.34. The number of hydrogen-bond acceptors (Lipinski definition) is 3. The number of benzene rings is 1. The smallest absolute Gasteiger partial charge is 0.224 e. The first-order valence-corrected chi connectivity index (χ1v) is 8.37. The van der Waals surface area contributed by atoms with Crippen molar-refractivity contribution < 1.29 is 4.79 Å². The van der Waals surface area contributed by atoms with E-state index in [2.05, 4.69) is 41.8 Å². The van der Waals surface area contributed by atoms with Gasteiger partial charge >= 0.3 is 0 Å². The summed E-state index contributed by atoms with van der Waals surface area (Å²) in [6, 6.07) is 10.8. The Morgan fingerprint density at radius 1 is 1.17 bits per heavy atom. The van der Waals surface area contributed by atoms with Gasteiger partial charge < -0.3 is 16.4 Å². The lowest BCUT2D eigenvalue weighted by atomic mass is 9.94. The van der Waals surface area contributed by atoms with E-state index in [4.69, 9.17) is 5.73 Å². The van der Waals surface area contributed by atoms with E-state index >= 15 is 0 Å². The molecular formula is C18H31Cl2N3O. The summed E-state index contributed by atoms with van der Waals surface area (Å²) in [6.07, 6.45) is 4.66. The summed E-state index contributed by atoms with van der Waals surface area (Å²) in [5.74, 6) is -0.0621. The minimum atomic E-state index is -0.120. The van der Waals surface area contributed by atoms with E-state index in [0.29, 0.717) is 13.1 Å². The molecule has 24 heavy (non-hydrogen) atoms. The predicted molar refractivity (Wildman–Crippen MR) is 105 cm³/mol. The van der Waals surface area contributed by atoms with Crippen LogP contribution in [0.1, 0.15) is 51.1 Å². The van der Waals surface area contributed by atoms with Crippen molar-refractivity contribution in [2.75, 3.05) is 13.1 Å². The van der Waals surface area contributed by atoms with Crippen molar-refractivity contribution in [3.63, 3.8) is 0 Å². The van der Waals surface area contributed by atoms with Crippen LogP contribution in [-0.2, 0) is 4.79 Å². The Balaban J connectivity index is 0.00000264. The van der Waals surface area contributed by atoms with Crippen molar-refractivity contribution in [3.8, 4) is 0 Å². The van der Waals surface area contributed by atoms with Crippen LogP contribution in [0.15, 0.2) is 30.3 Å². The monoisotopic (exact) mass is 375 g/mol. The molecule has 138 valence electrons. The molecule has 4 nitrogen and oxygen atoms in total. The molecule has 1 aromatic rings. The zero-order valence-electron chi connectivity index (χ0n) is 14.6. The van der Waals surface area contributed by atoms with Crippen LogP contribution in [0.5, 0.6) is 0 Å². The second-order valence-corrected chi connectivity index (χ2v) is 6.62. The molecule has 0 radical (unpaired) electrons. The zero-order chi connectivity index (χ0) is 16.0. The van der Waals surface area contributed by atoms with Gasteiger partial charge in [0.15, 0.2) is 0 Å². The summed E-state index contributed by atoms with van der Waals surface area (Å²) in [5, 5.41) is 6.87. The fourth-order valence-corrected chi connectivity index (χ4v) is 3.25. The average Bonchev–Trinajstić information content (AvgIpc) is 3.01. The predicted octanol–water partition coefficient (Wildman–Crippen LogP) is 3.20. The maximum absolute atomic E-state index is 12.0. The van der Waals surface area contributed by atoms with Gasteiger partial charge in [-0.2, -0.15) is 0 Å². The summed E-state index contributed by atoms with van der Waals surface area (Å²) >= 11 is 0. The number of carbonyl (C=O) groups is 1. The molecule has 0 heterocycles. The highest BCUT2D eigenvalue weighted by atomic mass is 35.5. The van der Waals surface area contributed by atoms with E-state index in [-0.39, 0.29) is 48.2 Å². The van der Waals surface area contributed by atoms with Crippen molar-refractivity contribution in [3.05, 3.63) is 35.9 Å². The van der Waals surface area contributed by atoms with Gasteiger partial charge in [0.2, 0.25) is 5.91 Å². The van der Waals surface area contributed by atoms with E-state index < -0.39 is 0 Å². The van der Waals surface area contributed by atoms with Crippen LogP contribution in [0, 0.1) is 5.92 Å². The fourth-order valence-electron chi connectivity index (χ4n) is 3.25. The third-order valence-corrected chi connectivity index (χ3v) is 4.79. The Morgan fingerprint density at radius 3 is 2.29 bits per heavy atom. The van der Waals surface area contributed by atoms with Crippen molar-refractivity contribution in [1.82, 2.24) is 10.6 Å². The van der Waals surface area contributed by atoms with Crippen molar-refractivity contribution in [2.45, 2.75) is 51.1 Å². The standard InChI is InChI=1S/C18H29N3O.2ClH/c1-14(12-19)17(22)20-13-18(10-6-7-11-18)21-15(2)16-8-4-3-5-9-16;;/h3-5,8-9,14-15,21H,6-7,10-13,19H2,1-2H3,(H,20,22);2*1H. The van der Waals surface area contributed by atoms with Crippen molar-refractivity contribution in [1.29, 1.82) is 0 Å². The van der Waals surface area contributed by atoms with E-state index in [0.717, 1.165) is 12.8 Å². The largest absolute Gasteiger partial charge is 0.354 e. The summed E-state index contributed by atoms with van der Waals surface area (Å²) in [4.78, 5) is 12.0. The number of hydrogen-bond donors (Lipinski definition) is 3. The Labute approximate surface area is 158 Å². The van der Waals surface area contributed by atoms with Gasteiger partial charge in [0, 0.05) is 30.6 Å². The number of rotatable bonds is 7. The first-order chi connectivity index (χ1) is 10.6. The topological polar surface area (TPSA) is 67.2 Å². The maximum atomic E-state index is 12.0. The van der Waals surface area contributed by atoms with Crippen molar-refractivity contribution in [2.24, 2.45) is 11.7 Å². The molecule has 0 spiro atoms. The molecule has 0 aromatic heterocycles. The number of nitrogens with two attached hydrogens (primary N) is 1. The molecule has 1 aliphatic rings. The summed E-state index contributed by atoms with van der Waals surface area (Å²) in [5.41, 5.74) is 6.87. The van der Waals surface area contributed by atoms with Gasteiger partial charge in [-0.15, -0.1) is 24.8 Å². The highest BCUT2D eigenvalue weighted by Gasteiger charge is 2.35. The van der Waals surface area contributed by atoms with Crippen LogP contribution in [-0.4, -0.2) is 24.5 Å². The van der Waals surface area contributed by atoms with Crippen LogP contribution in [0.2, 0.25) is 0 Å². The number of amides is 1. The Kier molecular flexibility index (Phi) is 10.6. The minimum Gasteiger partial charge on any atom is -0.354 e. The highest BCUT2D eigenvalue weighted by molar-refractivity contribution is 5.85. The molecule has 0 aliphatic heterocycles. The van der Waals surface area contributed by atoms with E-state index in [1.54, 1.807) is 0 Å². The molecule has 4 N–H and O–H groups in total. The van der Waals surface area contributed by atoms with Gasteiger partial charge in [0.1, 0.15) is 0 Å². The number of carbonyl (C=O) groups excluding carboxylic acids is 1. The molecule has 1 fully saturated rings. The highest BCUT2D eigenvalue weighted by Crippen LogP contribution is 2.31. The molecule has 1 amide bonds. The van der Waals surface area contributed by atoms with Crippen LogP contribution in [0.25, 0.3) is 0 Å². The third-order valence-electron chi connectivity index (χ3n) is 4.79. The first-order valence-electron chi connectivity index (χ1n) is 8.37. The molecule has 2 unspecified atom stereocenters. The molecule has 2 atom stereocenters. The number of nitrogens with one attached hydrogen (secondary N) is 2.